The molecule has 0 unspecified atom stereocenters. The summed E-state index contributed by atoms with van der Waals surface area (Å²) in [6.45, 7) is 2.25. The smallest absolute Gasteiger partial charge is 0.336 e. The molecule has 1 aliphatic heterocycles. The normalized spacial score (nSPS) is 19.1. The van der Waals surface area contributed by atoms with Crippen LogP contribution in [0.15, 0.2) is 30.5 Å². The van der Waals surface area contributed by atoms with Gasteiger partial charge in [-0.15, -0.1) is 0 Å². The molecule has 1 saturated carbocycles. The molecular weight excluding hydrogens is 405 g/mol. The molecular formula is C20H22ClF3N4O. The number of piperazine rings is 1. The first kappa shape index (κ1) is 20.2. The molecule has 2 fully saturated rings. The first-order chi connectivity index (χ1) is 13.8. The lowest BCUT2D eigenvalue weighted by Gasteiger charge is -2.38. The number of nitrogens with zero attached hydrogens (tertiary/aromatic N) is 4. The Morgan fingerprint density at radius 3 is 2.24 bits per heavy atom. The topological polar surface area (TPSA) is 41.4 Å². The van der Waals surface area contributed by atoms with Crippen LogP contribution in [0.25, 0.3) is 5.69 Å². The third kappa shape index (κ3) is 4.14. The van der Waals surface area contributed by atoms with E-state index in [0.29, 0.717) is 37.2 Å². The van der Waals surface area contributed by atoms with Crippen LogP contribution in [0, 0.1) is 0 Å². The molecule has 9 heteroatoms. The standard InChI is InChI=1S/C20H22ClF3N4O/c21-14-5-7-16(8-6-14)28-18(20(22,23)24)17(13-25-28)19(29)27-11-9-26(10-12-27)15-3-1-2-4-15/h5-8,13,15H,1-4,9-12H2. The Balaban J connectivity index is 1.56. The maximum atomic E-state index is 13.8. The number of alkyl halides is 3. The van der Waals surface area contributed by atoms with E-state index in [2.05, 4.69) is 10.00 Å². The molecule has 1 aromatic heterocycles. The summed E-state index contributed by atoms with van der Waals surface area (Å²) in [6, 6.07) is 6.41. The Morgan fingerprint density at radius 1 is 1.03 bits per heavy atom. The number of aromatic nitrogens is 2. The summed E-state index contributed by atoms with van der Waals surface area (Å²) in [7, 11) is 0. The van der Waals surface area contributed by atoms with Gasteiger partial charge >= 0.3 is 6.18 Å². The predicted octanol–water partition coefficient (Wildman–Crippen LogP) is 4.24. The van der Waals surface area contributed by atoms with Crippen LogP contribution in [0.5, 0.6) is 0 Å². The first-order valence-corrected chi connectivity index (χ1v) is 10.2. The van der Waals surface area contributed by atoms with E-state index in [9.17, 15) is 18.0 Å². The van der Waals surface area contributed by atoms with E-state index >= 15 is 0 Å². The van der Waals surface area contributed by atoms with E-state index in [-0.39, 0.29) is 5.69 Å². The summed E-state index contributed by atoms with van der Waals surface area (Å²) >= 11 is 5.83. The van der Waals surface area contributed by atoms with E-state index < -0.39 is 23.3 Å². The lowest BCUT2D eigenvalue weighted by molar-refractivity contribution is -0.143. The molecule has 2 aromatic rings. The fraction of sp³-hybridized carbons (Fsp3) is 0.500. The fourth-order valence-corrected chi connectivity index (χ4v) is 4.41. The molecule has 2 aliphatic rings. The number of carbonyl (C=O) groups excluding carboxylic acids is 1. The molecule has 0 atom stereocenters. The molecule has 5 nitrogen and oxygen atoms in total. The lowest BCUT2D eigenvalue weighted by atomic mass is 10.1. The number of amides is 1. The van der Waals surface area contributed by atoms with Crippen LogP contribution < -0.4 is 0 Å². The van der Waals surface area contributed by atoms with Crippen molar-refractivity contribution in [1.29, 1.82) is 0 Å². The number of benzene rings is 1. The fourth-order valence-electron chi connectivity index (χ4n) is 4.29. The van der Waals surface area contributed by atoms with Gasteiger partial charge in [-0.1, -0.05) is 24.4 Å². The van der Waals surface area contributed by atoms with Gasteiger partial charge in [0, 0.05) is 37.2 Å². The SMILES string of the molecule is O=C(c1cnn(-c2ccc(Cl)cc2)c1C(F)(F)F)N1CCN(C2CCCC2)CC1. The summed E-state index contributed by atoms with van der Waals surface area (Å²) in [5, 5.41) is 4.28. The molecule has 1 aliphatic carbocycles. The van der Waals surface area contributed by atoms with Gasteiger partial charge in [-0.2, -0.15) is 18.3 Å². The second-order valence-corrected chi connectivity index (χ2v) is 8.00. The maximum absolute atomic E-state index is 13.8. The monoisotopic (exact) mass is 426 g/mol. The van der Waals surface area contributed by atoms with Crippen molar-refractivity contribution in [3.05, 3.63) is 46.7 Å². The van der Waals surface area contributed by atoms with Gasteiger partial charge in [0.05, 0.1) is 17.4 Å². The van der Waals surface area contributed by atoms with Crippen molar-refractivity contribution in [3.63, 3.8) is 0 Å². The van der Waals surface area contributed by atoms with Crippen molar-refractivity contribution in [2.24, 2.45) is 0 Å². The minimum Gasteiger partial charge on any atom is -0.336 e. The van der Waals surface area contributed by atoms with Crippen molar-refractivity contribution in [3.8, 4) is 5.69 Å². The molecule has 1 amide bonds. The zero-order valence-electron chi connectivity index (χ0n) is 15.8. The van der Waals surface area contributed by atoms with Gasteiger partial charge in [0.2, 0.25) is 0 Å². The number of hydrogen-bond acceptors (Lipinski definition) is 3. The third-order valence-electron chi connectivity index (χ3n) is 5.78. The second-order valence-electron chi connectivity index (χ2n) is 7.56. The van der Waals surface area contributed by atoms with Gasteiger partial charge in [-0.25, -0.2) is 4.68 Å². The van der Waals surface area contributed by atoms with Crippen molar-refractivity contribution in [2.45, 2.75) is 37.9 Å². The highest BCUT2D eigenvalue weighted by Gasteiger charge is 2.42. The Bertz CT molecular complexity index is 867. The lowest BCUT2D eigenvalue weighted by Crippen LogP contribution is -2.51. The minimum atomic E-state index is -4.72. The van der Waals surface area contributed by atoms with Gasteiger partial charge < -0.3 is 4.90 Å². The van der Waals surface area contributed by atoms with Crippen LogP contribution in [-0.4, -0.2) is 57.7 Å². The molecule has 156 valence electrons. The van der Waals surface area contributed by atoms with Crippen molar-refractivity contribution >= 4 is 17.5 Å². The van der Waals surface area contributed by atoms with E-state index in [1.54, 1.807) is 0 Å². The van der Waals surface area contributed by atoms with Crippen LogP contribution in [0.2, 0.25) is 5.02 Å². The van der Waals surface area contributed by atoms with Gasteiger partial charge in [0.1, 0.15) is 0 Å². The third-order valence-corrected chi connectivity index (χ3v) is 6.03. The van der Waals surface area contributed by atoms with Crippen LogP contribution in [0.4, 0.5) is 13.2 Å². The van der Waals surface area contributed by atoms with Gasteiger partial charge in [-0.3, -0.25) is 9.69 Å². The van der Waals surface area contributed by atoms with Crippen LogP contribution in [0.1, 0.15) is 41.7 Å². The quantitative estimate of drug-likeness (QED) is 0.737. The predicted molar refractivity (Wildman–Crippen MR) is 103 cm³/mol. The zero-order chi connectivity index (χ0) is 20.6. The van der Waals surface area contributed by atoms with E-state index in [1.165, 1.54) is 54.8 Å². The molecule has 0 bridgehead atoms. The first-order valence-electron chi connectivity index (χ1n) is 9.79. The molecule has 1 aromatic carbocycles. The average molecular weight is 427 g/mol. The van der Waals surface area contributed by atoms with Crippen molar-refractivity contribution in [1.82, 2.24) is 19.6 Å². The van der Waals surface area contributed by atoms with Crippen LogP contribution in [-0.2, 0) is 6.18 Å². The number of rotatable bonds is 3. The largest absolute Gasteiger partial charge is 0.434 e. The highest BCUT2D eigenvalue weighted by Crippen LogP contribution is 2.34. The molecule has 29 heavy (non-hydrogen) atoms. The average Bonchev–Trinajstić information content (AvgIpc) is 3.38. The van der Waals surface area contributed by atoms with Crippen LogP contribution >= 0.6 is 11.6 Å². The molecule has 0 spiro atoms. The van der Waals surface area contributed by atoms with Crippen LogP contribution in [0.3, 0.4) is 0 Å². The molecule has 4 rings (SSSR count). The molecule has 2 heterocycles. The highest BCUT2D eigenvalue weighted by atomic mass is 35.5. The summed E-state index contributed by atoms with van der Waals surface area (Å²) in [4.78, 5) is 16.8. The zero-order valence-corrected chi connectivity index (χ0v) is 16.6. The van der Waals surface area contributed by atoms with Gasteiger partial charge in [0.15, 0.2) is 5.69 Å². The number of hydrogen-bond donors (Lipinski definition) is 0. The highest BCUT2D eigenvalue weighted by molar-refractivity contribution is 6.30. The Hall–Kier alpha value is -2.06. The molecule has 0 N–H and O–H groups in total. The Labute approximate surface area is 172 Å². The Morgan fingerprint density at radius 2 is 1.66 bits per heavy atom. The van der Waals surface area contributed by atoms with E-state index in [4.69, 9.17) is 11.6 Å². The minimum absolute atomic E-state index is 0.201. The molecule has 1 saturated heterocycles. The number of halogens is 4. The summed E-state index contributed by atoms with van der Waals surface area (Å²) < 4.78 is 42.3. The second kappa shape index (κ2) is 7.99. The Kier molecular flexibility index (Phi) is 5.57. The summed E-state index contributed by atoms with van der Waals surface area (Å²) in [5.41, 5.74) is -1.27. The maximum Gasteiger partial charge on any atom is 0.434 e. The van der Waals surface area contributed by atoms with E-state index in [0.717, 1.165) is 10.9 Å². The summed E-state index contributed by atoms with van der Waals surface area (Å²) in [5.74, 6) is -0.622. The molecule has 0 radical (unpaired) electrons. The number of carbonyl (C=O) groups is 1. The van der Waals surface area contributed by atoms with E-state index in [1.807, 2.05) is 0 Å². The van der Waals surface area contributed by atoms with Crippen molar-refractivity contribution < 1.29 is 18.0 Å². The van der Waals surface area contributed by atoms with Gasteiger partial charge in [-0.05, 0) is 37.1 Å². The summed E-state index contributed by atoms with van der Waals surface area (Å²) in [6.07, 6.45) is 1.08. The van der Waals surface area contributed by atoms with Gasteiger partial charge in [0.25, 0.3) is 5.91 Å². The van der Waals surface area contributed by atoms with Crippen molar-refractivity contribution in [2.75, 3.05) is 26.2 Å².